The van der Waals surface area contributed by atoms with Crippen LogP contribution in [0.15, 0.2) is 24.4 Å². The number of halogens is 3. The summed E-state index contributed by atoms with van der Waals surface area (Å²) < 4.78 is 46.7. The van der Waals surface area contributed by atoms with E-state index < -0.39 is 23.1 Å². The SMILES string of the molecule is COc1cn(C23CCCC(O)(C2)C3)c2nnc(-c3c(C)cc(C(F)(F)F)cc3O)cc12. The monoisotopic (exact) mass is 433 g/mol. The normalized spacial score (nSPS) is 25.5. The molecule has 31 heavy (non-hydrogen) atoms. The van der Waals surface area contributed by atoms with Crippen LogP contribution >= 0.6 is 0 Å². The van der Waals surface area contributed by atoms with E-state index in [2.05, 4.69) is 10.2 Å². The van der Waals surface area contributed by atoms with Gasteiger partial charge in [0, 0.05) is 11.8 Å². The molecule has 164 valence electrons. The fourth-order valence-electron chi connectivity index (χ4n) is 5.47. The Morgan fingerprint density at radius 2 is 1.87 bits per heavy atom. The highest BCUT2D eigenvalue weighted by atomic mass is 19.4. The number of aryl methyl sites for hydroxylation is 1. The summed E-state index contributed by atoms with van der Waals surface area (Å²) in [5.74, 6) is 0.0555. The average molecular weight is 433 g/mol. The highest BCUT2D eigenvalue weighted by Crippen LogP contribution is 2.57. The number of fused-ring (bicyclic) bond motifs is 3. The molecule has 9 heteroatoms. The first-order valence-corrected chi connectivity index (χ1v) is 10.1. The van der Waals surface area contributed by atoms with Gasteiger partial charge in [-0.2, -0.15) is 13.2 Å². The van der Waals surface area contributed by atoms with E-state index in [0.717, 1.165) is 25.3 Å². The van der Waals surface area contributed by atoms with Crippen LogP contribution in [0.4, 0.5) is 13.2 Å². The zero-order valence-electron chi connectivity index (χ0n) is 17.1. The Hall–Kier alpha value is -2.81. The minimum atomic E-state index is -4.55. The quantitative estimate of drug-likeness (QED) is 0.634. The van der Waals surface area contributed by atoms with Gasteiger partial charge in [0.05, 0.1) is 34.9 Å². The largest absolute Gasteiger partial charge is 0.507 e. The molecule has 6 rings (SSSR count). The third-order valence-electron chi connectivity index (χ3n) is 6.74. The van der Waals surface area contributed by atoms with Gasteiger partial charge in [-0.3, -0.25) is 0 Å². The van der Waals surface area contributed by atoms with Crippen molar-refractivity contribution < 1.29 is 28.1 Å². The summed E-state index contributed by atoms with van der Waals surface area (Å²) in [6.45, 7) is 1.49. The topological polar surface area (TPSA) is 80.4 Å². The predicted octanol–water partition coefficient (Wildman–Crippen LogP) is 4.54. The minimum Gasteiger partial charge on any atom is -0.507 e. The predicted molar refractivity (Wildman–Crippen MR) is 107 cm³/mol. The molecule has 1 aromatic carbocycles. The number of aromatic nitrogens is 3. The van der Waals surface area contributed by atoms with Gasteiger partial charge in [0.1, 0.15) is 11.5 Å². The van der Waals surface area contributed by atoms with Crippen LogP contribution in [0.2, 0.25) is 0 Å². The van der Waals surface area contributed by atoms with E-state index in [-0.39, 0.29) is 22.4 Å². The molecule has 0 radical (unpaired) electrons. The zero-order chi connectivity index (χ0) is 22.2. The van der Waals surface area contributed by atoms with Gasteiger partial charge in [0.25, 0.3) is 0 Å². The fraction of sp³-hybridized carbons (Fsp3) is 0.455. The fourth-order valence-corrected chi connectivity index (χ4v) is 5.47. The molecule has 6 nitrogen and oxygen atoms in total. The lowest BCUT2D eigenvalue weighted by molar-refractivity contribution is -0.154. The number of aliphatic hydroxyl groups is 1. The summed E-state index contributed by atoms with van der Waals surface area (Å²) in [5.41, 5.74) is -0.478. The Kier molecular flexibility index (Phi) is 4.12. The first-order chi connectivity index (χ1) is 14.6. The lowest BCUT2D eigenvalue weighted by Crippen LogP contribution is -2.60. The Balaban J connectivity index is 1.62. The molecule has 2 heterocycles. The van der Waals surface area contributed by atoms with Crippen LogP contribution in [0.3, 0.4) is 0 Å². The van der Waals surface area contributed by atoms with Crippen molar-refractivity contribution in [3.63, 3.8) is 0 Å². The van der Waals surface area contributed by atoms with Crippen molar-refractivity contribution in [1.82, 2.24) is 14.8 Å². The zero-order valence-corrected chi connectivity index (χ0v) is 17.1. The number of phenolic OH excluding ortho intramolecular Hbond substituents is 1. The van der Waals surface area contributed by atoms with Gasteiger partial charge in [0.15, 0.2) is 5.65 Å². The molecule has 2 bridgehead atoms. The van der Waals surface area contributed by atoms with E-state index in [0.29, 0.717) is 35.7 Å². The van der Waals surface area contributed by atoms with Crippen molar-refractivity contribution in [2.24, 2.45) is 0 Å². The average Bonchev–Trinajstić information content (AvgIpc) is 3.04. The number of methoxy groups -OCH3 is 1. The Morgan fingerprint density at radius 1 is 1.13 bits per heavy atom. The van der Waals surface area contributed by atoms with Crippen LogP contribution in [-0.4, -0.2) is 37.7 Å². The molecule has 3 saturated carbocycles. The summed E-state index contributed by atoms with van der Waals surface area (Å²) in [6, 6.07) is 3.36. The summed E-state index contributed by atoms with van der Waals surface area (Å²) >= 11 is 0. The maximum absolute atomic E-state index is 13.1. The van der Waals surface area contributed by atoms with Crippen LogP contribution < -0.4 is 4.74 Å². The summed E-state index contributed by atoms with van der Waals surface area (Å²) in [7, 11) is 1.54. The number of hydrogen-bond donors (Lipinski definition) is 2. The summed E-state index contributed by atoms with van der Waals surface area (Å²) in [6.07, 6.45) is 1.24. The third kappa shape index (κ3) is 2.97. The maximum atomic E-state index is 13.1. The molecule has 3 aromatic rings. The van der Waals surface area contributed by atoms with Crippen molar-refractivity contribution in [1.29, 1.82) is 0 Å². The Bertz CT molecular complexity index is 1170. The highest BCUT2D eigenvalue weighted by Gasteiger charge is 2.58. The molecule has 0 aliphatic heterocycles. The van der Waals surface area contributed by atoms with Crippen LogP contribution in [0, 0.1) is 6.92 Å². The lowest BCUT2D eigenvalue weighted by atomic mass is 9.56. The van der Waals surface area contributed by atoms with Crippen molar-refractivity contribution in [2.45, 2.75) is 56.3 Å². The molecular weight excluding hydrogens is 411 g/mol. The van der Waals surface area contributed by atoms with E-state index in [1.165, 1.54) is 14.0 Å². The van der Waals surface area contributed by atoms with Crippen molar-refractivity contribution in [3.05, 3.63) is 35.5 Å². The summed E-state index contributed by atoms with van der Waals surface area (Å²) in [4.78, 5) is 0. The second kappa shape index (κ2) is 6.35. The molecule has 0 atom stereocenters. The van der Waals surface area contributed by atoms with Crippen molar-refractivity contribution >= 4 is 11.0 Å². The molecule has 0 unspecified atom stereocenters. The minimum absolute atomic E-state index is 0.200. The molecule has 2 N–H and O–H groups in total. The molecular formula is C22H22F3N3O3. The highest BCUT2D eigenvalue weighted by molar-refractivity contribution is 5.88. The van der Waals surface area contributed by atoms with Gasteiger partial charge in [-0.15, -0.1) is 10.2 Å². The molecule has 0 amide bonds. The van der Waals surface area contributed by atoms with Crippen LogP contribution in [0.25, 0.3) is 22.3 Å². The van der Waals surface area contributed by atoms with Gasteiger partial charge < -0.3 is 19.5 Å². The number of alkyl halides is 3. The number of nitrogens with zero attached hydrogens (tertiary/aromatic N) is 3. The smallest absolute Gasteiger partial charge is 0.416 e. The van der Waals surface area contributed by atoms with E-state index in [4.69, 9.17) is 4.74 Å². The van der Waals surface area contributed by atoms with E-state index in [9.17, 15) is 23.4 Å². The molecule has 0 saturated heterocycles. The molecule has 3 aliphatic carbocycles. The number of benzene rings is 1. The first kappa shape index (κ1) is 20.1. The maximum Gasteiger partial charge on any atom is 0.416 e. The second-order valence-electron chi connectivity index (χ2n) is 8.88. The molecule has 3 aliphatic rings. The molecule has 2 aromatic heterocycles. The van der Waals surface area contributed by atoms with Gasteiger partial charge in [-0.1, -0.05) is 0 Å². The number of phenols is 1. The van der Waals surface area contributed by atoms with Gasteiger partial charge in [-0.05, 0) is 62.8 Å². The number of ether oxygens (including phenoxy) is 1. The second-order valence-corrected chi connectivity index (χ2v) is 8.88. The van der Waals surface area contributed by atoms with Crippen LogP contribution in [-0.2, 0) is 11.7 Å². The van der Waals surface area contributed by atoms with Gasteiger partial charge in [-0.25, -0.2) is 0 Å². The standard InChI is InChI=1S/C22H22F3N3O3/c1-12-6-13(22(23,24)25)7-16(29)18(12)15-8-14-17(31-2)9-28(19(14)27-26-15)20-4-3-5-21(30,10-20)11-20/h6-9,29-30H,3-5,10-11H2,1-2H3. The number of aromatic hydroxyl groups is 1. The van der Waals surface area contributed by atoms with Crippen LogP contribution in [0.1, 0.15) is 43.2 Å². The Labute approximate surface area is 176 Å². The third-order valence-corrected chi connectivity index (χ3v) is 6.74. The van der Waals surface area contributed by atoms with Gasteiger partial charge >= 0.3 is 6.18 Å². The number of hydrogen-bond acceptors (Lipinski definition) is 5. The van der Waals surface area contributed by atoms with E-state index in [1.807, 2.05) is 10.8 Å². The van der Waals surface area contributed by atoms with E-state index in [1.54, 1.807) is 6.07 Å². The van der Waals surface area contributed by atoms with Crippen molar-refractivity contribution in [3.8, 4) is 22.8 Å². The molecule has 3 fully saturated rings. The van der Waals surface area contributed by atoms with Gasteiger partial charge in [0.2, 0.25) is 0 Å². The van der Waals surface area contributed by atoms with Crippen LogP contribution in [0.5, 0.6) is 11.5 Å². The summed E-state index contributed by atoms with van der Waals surface area (Å²) in [5, 5.41) is 30.1. The molecule has 0 spiro atoms. The lowest BCUT2D eigenvalue weighted by Gasteiger charge is -2.58. The van der Waals surface area contributed by atoms with Crippen molar-refractivity contribution in [2.75, 3.05) is 7.11 Å². The number of rotatable bonds is 3. The Morgan fingerprint density at radius 3 is 2.48 bits per heavy atom. The van der Waals surface area contributed by atoms with E-state index >= 15 is 0 Å². The first-order valence-electron chi connectivity index (χ1n) is 10.1.